The average Bonchev–Trinajstić information content (AvgIpc) is 3.04. The minimum Gasteiger partial charge on any atom is -0.493 e. The van der Waals surface area contributed by atoms with E-state index >= 15 is 0 Å². The van der Waals surface area contributed by atoms with Crippen LogP contribution >= 0.6 is 11.6 Å². The minimum absolute atomic E-state index is 0.556. The highest BCUT2D eigenvalue weighted by molar-refractivity contribution is 6.31. The predicted molar refractivity (Wildman–Crippen MR) is 133 cm³/mol. The highest BCUT2D eigenvalue weighted by atomic mass is 35.5. The molecule has 0 radical (unpaired) electrons. The van der Waals surface area contributed by atoms with Crippen LogP contribution in [0.3, 0.4) is 0 Å². The van der Waals surface area contributed by atoms with Crippen molar-refractivity contribution in [1.29, 1.82) is 0 Å². The Morgan fingerprint density at radius 3 is 2.48 bits per heavy atom. The minimum atomic E-state index is 0.556. The van der Waals surface area contributed by atoms with Gasteiger partial charge in [-0.15, -0.1) is 0 Å². The van der Waals surface area contributed by atoms with Crippen LogP contribution in [0.15, 0.2) is 65.7 Å². The van der Waals surface area contributed by atoms with Gasteiger partial charge < -0.3 is 18.9 Å². The second-order valence-electron chi connectivity index (χ2n) is 7.77. The number of hydrogen-bond donors (Lipinski definition) is 0. The first-order valence-corrected chi connectivity index (χ1v) is 11.2. The molecule has 5 nitrogen and oxygen atoms in total. The summed E-state index contributed by atoms with van der Waals surface area (Å²) in [7, 11) is 4.94. The summed E-state index contributed by atoms with van der Waals surface area (Å²) in [5, 5.41) is 0.780. The van der Waals surface area contributed by atoms with E-state index in [0.29, 0.717) is 36.9 Å². The summed E-state index contributed by atoms with van der Waals surface area (Å²) < 4.78 is 23.0. The number of methoxy groups -OCH3 is 3. The van der Waals surface area contributed by atoms with Gasteiger partial charge >= 0.3 is 0 Å². The molecule has 0 bridgehead atoms. The molecular formula is C27H28ClNO4. The maximum Gasteiger partial charge on any atom is 0.168 e. The average molecular weight is 466 g/mol. The van der Waals surface area contributed by atoms with E-state index in [2.05, 4.69) is 11.0 Å². The molecule has 4 rings (SSSR count). The van der Waals surface area contributed by atoms with Crippen LogP contribution in [0.25, 0.3) is 17.2 Å². The number of para-hydroxylation sites is 1. The number of fused-ring (bicyclic) bond motifs is 1. The van der Waals surface area contributed by atoms with Gasteiger partial charge in [-0.2, -0.15) is 0 Å². The van der Waals surface area contributed by atoms with Crippen molar-refractivity contribution in [3.63, 3.8) is 0 Å². The normalized spacial score (nSPS) is 14.1. The topological polar surface area (TPSA) is 40.2 Å². The van der Waals surface area contributed by atoms with E-state index in [1.165, 1.54) is 0 Å². The number of hydrogen-bond acceptors (Lipinski definition) is 5. The predicted octanol–water partition coefficient (Wildman–Crippen LogP) is 5.85. The van der Waals surface area contributed by atoms with Crippen LogP contribution in [-0.2, 0) is 6.54 Å². The Kier molecular flexibility index (Phi) is 7.43. The Morgan fingerprint density at radius 2 is 1.76 bits per heavy atom. The third-order valence-corrected chi connectivity index (χ3v) is 5.84. The lowest BCUT2D eigenvalue weighted by Crippen LogP contribution is -2.27. The van der Waals surface area contributed by atoms with Gasteiger partial charge in [-0.1, -0.05) is 54.1 Å². The number of benzene rings is 3. The molecule has 1 aliphatic heterocycles. The van der Waals surface area contributed by atoms with E-state index in [1.807, 2.05) is 60.7 Å². The monoisotopic (exact) mass is 465 g/mol. The van der Waals surface area contributed by atoms with Crippen LogP contribution in [0.2, 0.25) is 0 Å². The zero-order chi connectivity index (χ0) is 23.2. The first kappa shape index (κ1) is 23.0. The Morgan fingerprint density at radius 1 is 0.970 bits per heavy atom. The third-order valence-electron chi connectivity index (χ3n) is 5.61. The fraction of sp³-hybridized carbons (Fsp3) is 0.259. The molecule has 0 N–H and O–H groups in total. The number of rotatable bonds is 7. The van der Waals surface area contributed by atoms with Crippen molar-refractivity contribution in [2.45, 2.75) is 6.54 Å². The molecule has 1 aliphatic rings. The fourth-order valence-corrected chi connectivity index (χ4v) is 4.38. The van der Waals surface area contributed by atoms with Gasteiger partial charge in [0.25, 0.3) is 0 Å². The molecule has 0 spiro atoms. The smallest absolute Gasteiger partial charge is 0.168 e. The number of nitrogens with zero attached hydrogens (tertiary/aromatic N) is 1. The Labute approximate surface area is 200 Å². The SMILES string of the molecule is COc1cc(-c2cccc(OC)c2OC)cc2c1OCCN(CC(Cl)=Cc1ccccc1)C2. The maximum atomic E-state index is 6.61. The lowest BCUT2D eigenvalue weighted by atomic mass is 10.00. The highest BCUT2D eigenvalue weighted by Gasteiger charge is 2.22. The van der Waals surface area contributed by atoms with E-state index in [9.17, 15) is 0 Å². The maximum absolute atomic E-state index is 6.61. The van der Waals surface area contributed by atoms with E-state index in [4.69, 9.17) is 30.5 Å². The molecule has 3 aromatic carbocycles. The standard InChI is InChI=1S/C27H28ClNO4/c1-30-24-11-7-10-23(27(24)32-3)20-15-21-17-29(12-13-33-26(21)25(16-20)31-2)18-22(28)14-19-8-5-4-6-9-19/h4-11,14-16H,12-13,17-18H2,1-3H3. The highest BCUT2D eigenvalue weighted by Crippen LogP contribution is 2.43. The van der Waals surface area contributed by atoms with Gasteiger partial charge in [-0.25, -0.2) is 0 Å². The third kappa shape index (κ3) is 5.27. The molecule has 0 unspecified atom stereocenters. The Hall–Kier alpha value is -3.15. The van der Waals surface area contributed by atoms with Gasteiger partial charge in [0.15, 0.2) is 23.0 Å². The zero-order valence-electron chi connectivity index (χ0n) is 19.1. The summed E-state index contributed by atoms with van der Waals surface area (Å²) in [4.78, 5) is 2.28. The van der Waals surface area contributed by atoms with Gasteiger partial charge in [0, 0.05) is 35.8 Å². The van der Waals surface area contributed by atoms with Crippen molar-refractivity contribution < 1.29 is 18.9 Å². The molecule has 0 atom stereocenters. The van der Waals surface area contributed by atoms with Crippen molar-refractivity contribution in [1.82, 2.24) is 4.90 Å². The molecule has 0 aromatic heterocycles. The summed E-state index contributed by atoms with van der Waals surface area (Å²) >= 11 is 6.61. The van der Waals surface area contributed by atoms with E-state index in [0.717, 1.165) is 39.6 Å². The number of ether oxygens (including phenoxy) is 4. The summed E-state index contributed by atoms with van der Waals surface area (Å²) in [5.41, 5.74) is 4.02. The lowest BCUT2D eigenvalue weighted by molar-refractivity contribution is 0.237. The molecule has 3 aromatic rings. The molecular weight excluding hydrogens is 438 g/mol. The van der Waals surface area contributed by atoms with Crippen LogP contribution in [0.1, 0.15) is 11.1 Å². The first-order chi connectivity index (χ1) is 16.1. The molecule has 6 heteroatoms. The van der Waals surface area contributed by atoms with Crippen LogP contribution in [-0.4, -0.2) is 45.9 Å². The van der Waals surface area contributed by atoms with Crippen molar-refractivity contribution in [3.05, 3.63) is 76.8 Å². The van der Waals surface area contributed by atoms with E-state index < -0.39 is 0 Å². The molecule has 0 aliphatic carbocycles. The van der Waals surface area contributed by atoms with Crippen LogP contribution in [0, 0.1) is 0 Å². The largest absolute Gasteiger partial charge is 0.493 e. The second-order valence-corrected chi connectivity index (χ2v) is 8.25. The van der Waals surface area contributed by atoms with E-state index in [1.54, 1.807) is 21.3 Å². The summed E-state index contributed by atoms with van der Waals surface area (Å²) in [6, 6.07) is 20.0. The van der Waals surface area contributed by atoms with Crippen molar-refractivity contribution >= 4 is 17.7 Å². The molecule has 0 saturated heterocycles. The van der Waals surface area contributed by atoms with Crippen LogP contribution in [0.5, 0.6) is 23.0 Å². The second kappa shape index (κ2) is 10.6. The summed E-state index contributed by atoms with van der Waals surface area (Å²) in [6.07, 6.45) is 2.01. The van der Waals surface area contributed by atoms with Crippen molar-refractivity contribution in [3.8, 4) is 34.1 Å². The van der Waals surface area contributed by atoms with Gasteiger partial charge in [0.05, 0.1) is 21.3 Å². The first-order valence-electron chi connectivity index (χ1n) is 10.8. The van der Waals surface area contributed by atoms with Gasteiger partial charge in [0.1, 0.15) is 6.61 Å². The summed E-state index contributed by atoms with van der Waals surface area (Å²) in [6.45, 7) is 2.63. The van der Waals surface area contributed by atoms with Gasteiger partial charge in [-0.3, -0.25) is 4.90 Å². The Bertz CT molecular complexity index is 1130. The van der Waals surface area contributed by atoms with Gasteiger partial charge in [-0.05, 0) is 35.4 Å². The molecule has 0 saturated carbocycles. The molecule has 33 heavy (non-hydrogen) atoms. The molecule has 1 heterocycles. The lowest BCUT2D eigenvalue weighted by Gasteiger charge is -2.20. The van der Waals surface area contributed by atoms with Crippen LogP contribution < -0.4 is 18.9 Å². The molecule has 0 fully saturated rings. The van der Waals surface area contributed by atoms with Crippen LogP contribution in [0.4, 0.5) is 0 Å². The zero-order valence-corrected chi connectivity index (χ0v) is 19.9. The van der Waals surface area contributed by atoms with Gasteiger partial charge in [0.2, 0.25) is 0 Å². The molecule has 172 valence electrons. The van der Waals surface area contributed by atoms with Crippen molar-refractivity contribution in [2.24, 2.45) is 0 Å². The quantitative estimate of drug-likeness (QED) is 0.437. The van der Waals surface area contributed by atoms with Crippen molar-refractivity contribution in [2.75, 3.05) is 41.0 Å². The molecule has 0 amide bonds. The fourth-order valence-electron chi connectivity index (χ4n) is 4.08. The van der Waals surface area contributed by atoms with E-state index in [-0.39, 0.29) is 0 Å². The summed E-state index contributed by atoms with van der Waals surface area (Å²) in [5.74, 6) is 2.83. The Balaban J connectivity index is 1.66. The number of halogens is 1.